The van der Waals surface area contributed by atoms with Gasteiger partial charge in [0.15, 0.2) is 5.79 Å². The summed E-state index contributed by atoms with van der Waals surface area (Å²) in [6.45, 7) is 2.66. The zero-order chi connectivity index (χ0) is 12.3. The van der Waals surface area contributed by atoms with Gasteiger partial charge in [-0.3, -0.25) is 11.1 Å². The number of hydrogen-bond acceptors (Lipinski definition) is 4. The van der Waals surface area contributed by atoms with Crippen LogP contribution in [0.25, 0.3) is 6.08 Å². The fourth-order valence-corrected chi connectivity index (χ4v) is 2.03. The van der Waals surface area contributed by atoms with E-state index in [9.17, 15) is 0 Å². The van der Waals surface area contributed by atoms with Crippen LogP contribution in [-0.4, -0.2) is 25.5 Å². The van der Waals surface area contributed by atoms with Crippen LogP contribution in [0.1, 0.15) is 12.5 Å². The molecule has 2 atom stereocenters. The number of methoxy groups -OCH3 is 1. The Morgan fingerprint density at radius 1 is 1.47 bits per heavy atom. The number of nitrogens with two attached hydrogens (primary N) is 1. The minimum Gasteiger partial charge on any atom is -0.383 e. The van der Waals surface area contributed by atoms with Crippen molar-refractivity contribution in [3.63, 3.8) is 0 Å². The molecule has 2 unspecified atom stereocenters. The van der Waals surface area contributed by atoms with E-state index in [0.717, 1.165) is 11.3 Å². The summed E-state index contributed by atoms with van der Waals surface area (Å²) in [5.74, 6) is -0.716. The maximum atomic E-state index is 6.24. The van der Waals surface area contributed by atoms with Crippen molar-refractivity contribution in [2.75, 3.05) is 19.0 Å². The Hall–Kier alpha value is -1.36. The van der Waals surface area contributed by atoms with Crippen LogP contribution in [0.3, 0.4) is 0 Å². The second-order valence-electron chi connectivity index (χ2n) is 4.42. The standard InChI is InChI=1S/C13H19N3O/c1-10(9-17-2)15-13(14)8-7-11-5-3-4-6-12(11)16-13/h3-8,10,15-16H,9,14H2,1-2H3. The number of rotatable bonds is 4. The molecule has 1 aromatic rings. The van der Waals surface area contributed by atoms with Crippen molar-refractivity contribution in [3.05, 3.63) is 35.9 Å². The van der Waals surface area contributed by atoms with Gasteiger partial charge in [-0.05, 0) is 24.6 Å². The smallest absolute Gasteiger partial charge is 0.161 e. The van der Waals surface area contributed by atoms with E-state index >= 15 is 0 Å². The van der Waals surface area contributed by atoms with Gasteiger partial charge in [-0.1, -0.05) is 24.3 Å². The van der Waals surface area contributed by atoms with Gasteiger partial charge in [-0.15, -0.1) is 0 Å². The molecular weight excluding hydrogens is 214 g/mol. The van der Waals surface area contributed by atoms with Gasteiger partial charge in [-0.2, -0.15) is 0 Å². The minimum absolute atomic E-state index is 0.174. The van der Waals surface area contributed by atoms with E-state index in [1.54, 1.807) is 7.11 Å². The molecule has 4 nitrogen and oxygen atoms in total. The Bertz CT molecular complexity index is 419. The molecule has 0 saturated heterocycles. The third kappa shape index (κ3) is 2.85. The Morgan fingerprint density at radius 3 is 3.00 bits per heavy atom. The second kappa shape index (κ2) is 4.87. The van der Waals surface area contributed by atoms with Gasteiger partial charge in [-0.25, -0.2) is 0 Å². The van der Waals surface area contributed by atoms with E-state index in [0.29, 0.717) is 6.61 Å². The monoisotopic (exact) mass is 233 g/mol. The Kier molecular flexibility index (Phi) is 3.47. The number of fused-ring (bicyclic) bond motifs is 1. The van der Waals surface area contributed by atoms with Crippen molar-refractivity contribution in [1.29, 1.82) is 0 Å². The zero-order valence-corrected chi connectivity index (χ0v) is 10.2. The van der Waals surface area contributed by atoms with E-state index in [2.05, 4.69) is 16.7 Å². The molecular formula is C13H19N3O. The van der Waals surface area contributed by atoms with Gasteiger partial charge in [0.25, 0.3) is 0 Å². The maximum Gasteiger partial charge on any atom is 0.161 e. The van der Waals surface area contributed by atoms with E-state index < -0.39 is 5.79 Å². The highest BCUT2D eigenvalue weighted by atomic mass is 16.5. The average Bonchev–Trinajstić information content (AvgIpc) is 2.28. The lowest BCUT2D eigenvalue weighted by molar-refractivity contribution is 0.162. The SMILES string of the molecule is COCC(C)NC1(N)C=Cc2ccccc2N1. The Morgan fingerprint density at radius 2 is 2.24 bits per heavy atom. The molecule has 1 aromatic carbocycles. The molecule has 0 radical (unpaired) electrons. The zero-order valence-electron chi connectivity index (χ0n) is 10.2. The third-order valence-corrected chi connectivity index (χ3v) is 2.73. The molecule has 92 valence electrons. The van der Waals surface area contributed by atoms with Gasteiger partial charge in [0.1, 0.15) is 0 Å². The molecule has 0 aliphatic carbocycles. The first kappa shape index (κ1) is 12.1. The van der Waals surface area contributed by atoms with Crippen molar-refractivity contribution in [2.45, 2.75) is 18.8 Å². The van der Waals surface area contributed by atoms with Crippen molar-refractivity contribution >= 4 is 11.8 Å². The number of para-hydroxylation sites is 1. The number of hydrogen-bond donors (Lipinski definition) is 3. The van der Waals surface area contributed by atoms with Crippen LogP contribution in [0, 0.1) is 0 Å². The van der Waals surface area contributed by atoms with Gasteiger partial charge < -0.3 is 10.1 Å². The summed E-state index contributed by atoms with van der Waals surface area (Å²) in [5, 5.41) is 6.58. The molecule has 1 aliphatic rings. The van der Waals surface area contributed by atoms with Crippen LogP contribution in [0.4, 0.5) is 5.69 Å². The number of anilines is 1. The first-order valence-corrected chi connectivity index (χ1v) is 5.75. The molecule has 0 fully saturated rings. The van der Waals surface area contributed by atoms with Crippen LogP contribution in [0.5, 0.6) is 0 Å². The van der Waals surface area contributed by atoms with Crippen LogP contribution in [-0.2, 0) is 4.74 Å². The summed E-state index contributed by atoms with van der Waals surface area (Å²) in [7, 11) is 1.68. The third-order valence-electron chi connectivity index (χ3n) is 2.73. The first-order chi connectivity index (χ1) is 8.13. The maximum absolute atomic E-state index is 6.24. The predicted octanol–water partition coefficient (Wildman–Crippen LogP) is 1.36. The molecule has 0 spiro atoms. The molecule has 17 heavy (non-hydrogen) atoms. The van der Waals surface area contributed by atoms with E-state index in [1.165, 1.54) is 0 Å². The molecule has 1 aliphatic heterocycles. The van der Waals surface area contributed by atoms with E-state index in [4.69, 9.17) is 10.5 Å². The van der Waals surface area contributed by atoms with Crippen LogP contribution < -0.4 is 16.4 Å². The van der Waals surface area contributed by atoms with Crippen molar-refractivity contribution < 1.29 is 4.74 Å². The summed E-state index contributed by atoms with van der Waals surface area (Å²) < 4.78 is 5.09. The minimum atomic E-state index is -0.716. The van der Waals surface area contributed by atoms with Gasteiger partial charge in [0, 0.05) is 18.8 Å². The first-order valence-electron chi connectivity index (χ1n) is 5.75. The fourth-order valence-electron chi connectivity index (χ4n) is 2.03. The van der Waals surface area contributed by atoms with Gasteiger partial charge in [0.05, 0.1) is 6.61 Å². The predicted molar refractivity (Wildman–Crippen MR) is 70.5 cm³/mol. The van der Waals surface area contributed by atoms with Crippen molar-refractivity contribution in [3.8, 4) is 0 Å². The molecule has 4 N–H and O–H groups in total. The van der Waals surface area contributed by atoms with Crippen LogP contribution in [0.2, 0.25) is 0 Å². The quantitative estimate of drug-likeness (QED) is 0.687. The largest absolute Gasteiger partial charge is 0.383 e. The lowest BCUT2D eigenvalue weighted by Gasteiger charge is -2.35. The fraction of sp³-hybridized carbons (Fsp3) is 0.385. The Labute approximate surface area is 102 Å². The number of nitrogens with one attached hydrogen (secondary N) is 2. The van der Waals surface area contributed by atoms with Crippen LogP contribution in [0.15, 0.2) is 30.3 Å². The number of benzene rings is 1. The summed E-state index contributed by atoms with van der Waals surface area (Å²) in [5.41, 5.74) is 8.43. The molecule has 0 aromatic heterocycles. The highest BCUT2D eigenvalue weighted by molar-refractivity contribution is 5.71. The molecule has 4 heteroatoms. The summed E-state index contributed by atoms with van der Waals surface area (Å²) >= 11 is 0. The lowest BCUT2D eigenvalue weighted by Crippen LogP contribution is -2.62. The Balaban J connectivity index is 2.10. The summed E-state index contributed by atoms with van der Waals surface area (Å²) in [6, 6.07) is 8.24. The van der Waals surface area contributed by atoms with E-state index in [-0.39, 0.29) is 6.04 Å². The summed E-state index contributed by atoms with van der Waals surface area (Å²) in [4.78, 5) is 0. The highest BCUT2D eigenvalue weighted by Crippen LogP contribution is 2.24. The normalized spacial score (nSPS) is 23.9. The van der Waals surface area contributed by atoms with Crippen LogP contribution >= 0.6 is 0 Å². The van der Waals surface area contributed by atoms with Gasteiger partial charge >= 0.3 is 0 Å². The number of ether oxygens (including phenoxy) is 1. The molecule has 0 bridgehead atoms. The summed E-state index contributed by atoms with van der Waals surface area (Å²) in [6.07, 6.45) is 3.96. The molecule has 0 saturated carbocycles. The molecule has 1 heterocycles. The average molecular weight is 233 g/mol. The lowest BCUT2D eigenvalue weighted by atomic mass is 10.1. The topological polar surface area (TPSA) is 59.3 Å². The van der Waals surface area contributed by atoms with Crippen molar-refractivity contribution in [1.82, 2.24) is 5.32 Å². The molecule has 0 amide bonds. The van der Waals surface area contributed by atoms with Gasteiger partial charge in [0.2, 0.25) is 0 Å². The molecule has 2 rings (SSSR count). The second-order valence-corrected chi connectivity index (χ2v) is 4.42. The van der Waals surface area contributed by atoms with E-state index in [1.807, 2.05) is 37.3 Å². The van der Waals surface area contributed by atoms with Crippen molar-refractivity contribution in [2.24, 2.45) is 5.73 Å². The highest BCUT2D eigenvalue weighted by Gasteiger charge is 2.26.